The third kappa shape index (κ3) is 3.74. The number of rotatable bonds is 6. The molecule has 0 saturated carbocycles. The van der Waals surface area contributed by atoms with Crippen LogP contribution in [-0.4, -0.2) is 28.5 Å². The SMILES string of the molecule is CNCCc1[nH]c2nc(Cl)nc(NCc3ccco3)c2c1F.Cl. The molecule has 124 valence electrons. The molecular formula is C14H16Cl2FN5O. The van der Waals surface area contributed by atoms with E-state index in [4.69, 9.17) is 16.0 Å². The number of aromatic nitrogens is 3. The van der Waals surface area contributed by atoms with Crippen molar-refractivity contribution in [2.45, 2.75) is 13.0 Å². The van der Waals surface area contributed by atoms with Gasteiger partial charge in [-0.15, -0.1) is 12.4 Å². The van der Waals surface area contributed by atoms with E-state index in [9.17, 15) is 4.39 Å². The van der Waals surface area contributed by atoms with Gasteiger partial charge in [0.2, 0.25) is 5.28 Å². The van der Waals surface area contributed by atoms with Gasteiger partial charge in [0.1, 0.15) is 17.2 Å². The zero-order valence-electron chi connectivity index (χ0n) is 12.3. The first kappa shape index (κ1) is 17.5. The highest BCUT2D eigenvalue weighted by molar-refractivity contribution is 6.28. The molecule has 0 saturated heterocycles. The Morgan fingerprint density at radius 2 is 2.22 bits per heavy atom. The number of nitrogens with zero attached hydrogens (tertiary/aromatic N) is 2. The van der Waals surface area contributed by atoms with Gasteiger partial charge in [0, 0.05) is 13.0 Å². The molecule has 0 aliphatic heterocycles. The molecule has 0 bridgehead atoms. The zero-order valence-corrected chi connectivity index (χ0v) is 13.9. The predicted octanol–water partition coefficient (Wildman–Crippen LogP) is 3.14. The van der Waals surface area contributed by atoms with Gasteiger partial charge in [0.15, 0.2) is 5.82 Å². The second kappa shape index (κ2) is 7.63. The van der Waals surface area contributed by atoms with Crippen LogP contribution in [0.4, 0.5) is 10.2 Å². The molecule has 3 aromatic rings. The fourth-order valence-electron chi connectivity index (χ4n) is 2.21. The van der Waals surface area contributed by atoms with Gasteiger partial charge < -0.3 is 20.0 Å². The van der Waals surface area contributed by atoms with Gasteiger partial charge in [-0.2, -0.15) is 9.97 Å². The molecule has 0 aromatic carbocycles. The molecule has 0 aliphatic rings. The number of furan rings is 1. The summed E-state index contributed by atoms with van der Waals surface area (Å²) >= 11 is 5.91. The lowest BCUT2D eigenvalue weighted by molar-refractivity contribution is 0.518. The lowest BCUT2D eigenvalue weighted by Gasteiger charge is -2.05. The minimum absolute atomic E-state index is 0. The summed E-state index contributed by atoms with van der Waals surface area (Å²) in [6, 6.07) is 3.60. The van der Waals surface area contributed by atoms with Crippen LogP contribution in [0.5, 0.6) is 0 Å². The monoisotopic (exact) mass is 359 g/mol. The molecule has 3 aromatic heterocycles. The Balaban J connectivity index is 0.00000192. The Bertz CT molecular complexity index is 775. The summed E-state index contributed by atoms with van der Waals surface area (Å²) in [5.41, 5.74) is 0.854. The number of hydrogen-bond acceptors (Lipinski definition) is 5. The number of halogens is 3. The van der Waals surface area contributed by atoms with E-state index in [-0.39, 0.29) is 23.5 Å². The summed E-state index contributed by atoms with van der Waals surface area (Å²) in [5.74, 6) is 0.703. The second-order valence-corrected chi connectivity index (χ2v) is 5.11. The van der Waals surface area contributed by atoms with Crippen LogP contribution < -0.4 is 10.6 Å². The molecule has 0 unspecified atom stereocenters. The number of likely N-dealkylation sites (N-methyl/N-ethyl adjacent to an activating group) is 1. The maximum Gasteiger partial charge on any atom is 0.226 e. The van der Waals surface area contributed by atoms with E-state index in [1.807, 2.05) is 13.1 Å². The van der Waals surface area contributed by atoms with Crippen molar-refractivity contribution in [3.63, 3.8) is 0 Å². The van der Waals surface area contributed by atoms with Crippen LogP contribution in [0.15, 0.2) is 22.8 Å². The van der Waals surface area contributed by atoms with Gasteiger partial charge in [0.25, 0.3) is 0 Å². The number of aromatic amines is 1. The van der Waals surface area contributed by atoms with Gasteiger partial charge in [0.05, 0.1) is 23.9 Å². The summed E-state index contributed by atoms with van der Waals surface area (Å²) in [6.07, 6.45) is 2.10. The highest BCUT2D eigenvalue weighted by atomic mass is 35.5. The summed E-state index contributed by atoms with van der Waals surface area (Å²) in [4.78, 5) is 11.1. The Kier molecular flexibility index (Phi) is 5.81. The summed E-state index contributed by atoms with van der Waals surface area (Å²) in [5, 5.41) is 6.38. The molecule has 0 aliphatic carbocycles. The van der Waals surface area contributed by atoms with Crippen molar-refractivity contribution in [3.05, 3.63) is 41.0 Å². The number of H-pyrrole nitrogens is 1. The van der Waals surface area contributed by atoms with E-state index in [0.29, 0.717) is 47.8 Å². The molecular weight excluding hydrogens is 344 g/mol. The van der Waals surface area contributed by atoms with E-state index in [2.05, 4.69) is 25.6 Å². The third-order valence-electron chi connectivity index (χ3n) is 3.27. The third-order valence-corrected chi connectivity index (χ3v) is 3.44. The van der Waals surface area contributed by atoms with E-state index in [1.165, 1.54) is 0 Å². The maximum atomic E-state index is 14.6. The lowest BCUT2D eigenvalue weighted by atomic mass is 10.2. The Morgan fingerprint density at radius 3 is 2.91 bits per heavy atom. The van der Waals surface area contributed by atoms with Crippen molar-refractivity contribution in [3.8, 4) is 0 Å². The quantitative estimate of drug-likeness (QED) is 0.589. The van der Waals surface area contributed by atoms with Crippen LogP contribution >= 0.6 is 24.0 Å². The van der Waals surface area contributed by atoms with Crippen LogP contribution in [-0.2, 0) is 13.0 Å². The molecule has 6 nitrogen and oxygen atoms in total. The molecule has 3 heterocycles. The normalized spacial score (nSPS) is 10.7. The second-order valence-electron chi connectivity index (χ2n) is 4.77. The first-order valence-corrected chi connectivity index (χ1v) is 7.21. The van der Waals surface area contributed by atoms with E-state index in [1.54, 1.807) is 12.3 Å². The van der Waals surface area contributed by atoms with Crippen molar-refractivity contribution in [1.29, 1.82) is 0 Å². The first-order valence-electron chi connectivity index (χ1n) is 6.83. The topological polar surface area (TPSA) is 78.8 Å². The molecule has 0 fully saturated rings. The minimum atomic E-state index is -0.358. The fraction of sp³-hybridized carbons (Fsp3) is 0.286. The molecule has 0 amide bonds. The molecule has 23 heavy (non-hydrogen) atoms. The number of nitrogens with one attached hydrogen (secondary N) is 3. The lowest BCUT2D eigenvalue weighted by Crippen LogP contribution is -2.11. The van der Waals surface area contributed by atoms with E-state index >= 15 is 0 Å². The van der Waals surface area contributed by atoms with Crippen LogP contribution in [0.1, 0.15) is 11.5 Å². The van der Waals surface area contributed by atoms with Gasteiger partial charge in [-0.05, 0) is 30.8 Å². The fourth-order valence-corrected chi connectivity index (χ4v) is 2.38. The average Bonchev–Trinajstić information content (AvgIpc) is 3.11. The van der Waals surface area contributed by atoms with Crippen molar-refractivity contribution < 1.29 is 8.81 Å². The Labute approximate surface area is 143 Å². The van der Waals surface area contributed by atoms with Crippen LogP contribution in [0.25, 0.3) is 11.0 Å². The largest absolute Gasteiger partial charge is 0.467 e. The summed E-state index contributed by atoms with van der Waals surface area (Å²) < 4.78 is 19.8. The van der Waals surface area contributed by atoms with Gasteiger partial charge >= 0.3 is 0 Å². The van der Waals surface area contributed by atoms with Gasteiger partial charge in [-0.25, -0.2) is 4.39 Å². The molecule has 3 rings (SSSR count). The van der Waals surface area contributed by atoms with Gasteiger partial charge in [-0.3, -0.25) is 0 Å². The smallest absolute Gasteiger partial charge is 0.226 e. The predicted molar refractivity (Wildman–Crippen MR) is 89.8 cm³/mol. The Morgan fingerprint density at radius 1 is 1.39 bits per heavy atom. The molecule has 0 radical (unpaired) electrons. The molecule has 0 spiro atoms. The molecule has 9 heteroatoms. The Hall–Kier alpha value is -1.83. The standard InChI is InChI=1S/C14H15ClFN5O.ClH/c1-17-5-4-9-11(16)10-12(18-7-8-3-2-6-22-8)20-14(15)21-13(10)19-9;/h2-3,6,17H,4-5,7H2,1H3,(H2,18,19,20,21);1H. The number of fused-ring (bicyclic) bond motifs is 1. The number of hydrogen-bond donors (Lipinski definition) is 3. The number of anilines is 1. The first-order chi connectivity index (χ1) is 10.7. The van der Waals surface area contributed by atoms with Crippen LogP contribution in [0.2, 0.25) is 5.28 Å². The van der Waals surface area contributed by atoms with Crippen molar-refractivity contribution >= 4 is 40.9 Å². The summed E-state index contributed by atoms with van der Waals surface area (Å²) in [6.45, 7) is 1.03. The van der Waals surface area contributed by atoms with Gasteiger partial charge in [-0.1, -0.05) is 0 Å². The van der Waals surface area contributed by atoms with Crippen LogP contribution in [0.3, 0.4) is 0 Å². The highest BCUT2D eigenvalue weighted by Crippen LogP contribution is 2.27. The van der Waals surface area contributed by atoms with E-state index < -0.39 is 0 Å². The zero-order chi connectivity index (χ0) is 15.5. The average molecular weight is 360 g/mol. The van der Waals surface area contributed by atoms with Crippen molar-refractivity contribution in [2.75, 3.05) is 18.9 Å². The highest BCUT2D eigenvalue weighted by Gasteiger charge is 2.18. The van der Waals surface area contributed by atoms with Crippen molar-refractivity contribution in [2.24, 2.45) is 0 Å². The maximum absolute atomic E-state index is 14.6. The summed E-state index contributed by atoms with van der Waals surface area (Å²) in [7, 11) is 1.81. The minimum Gasteiger partial charge on any atom is -0.467 e. The molecule has 3 N–H and O–H groups in total. The molecule has 0 atom stereocenters. The van der Waals surface area contributed by atoms with Crippen molar-refractivity contribution in [1.82, 2.24) is 20.3 Å². The van der Waals surface area contributed by atoms with Crippen LogP contribution in [0, 0.1) is 5.82 Å². The van der Waals surface area contributed by atoms with E-state index in [0.717, 1.165) is 0 Å².